The number of nitrogens with zero attached hydrogens (tertiary/aromatic N) is 3. The Morgan fingerprint density at radius 3 is 2.88 bits per heavy atom. The van der Waals surface area contributed by atoms with E-state index in [1.165, 1.54) is 19.3 Å². The largest absolute Gasteiger partial charge is 0.383 e. The maximum absolute atomic E-state index is 5.09. The molecule has 0 aliphatic carbocycles. The van der Waals surface area contributed by atoms with E-state index in [2.05, 4.69) is 28.6 Å². The second-order valence-corrected chi connectivity index (χ2v) is 4.12. The molecule has 4 heteroatoms. The van der Waals surface area contributed by atoms with Gasteiger partial charge in [0.05, 0.1) is 6.61 Å². The third-order valence-corrected chi connectivity index (χ3v) is 2.95. The van der Waals surface area contributed by atoms with Crippen LogP contribution in [0.3, 0.4) is 0 Å². The number of aromatic nitrogens is 3. The Balaban J connectivity index is 2.63. The first kappa shape index (κ1) is 13.2. The Labute approximate surface area is 98.0 Å². The Morgan fingerprint density at radius 2 is 2.25 bits per heavy atom. The van der Waals surface area contributed by atoms with Crippen LogP contribution < -0.4 is 0 Å². The molecule has 16 heavy (non-hydrogen) atoms. The molecule has 0 bridgehead atoms. The van der Waals surface area contributed by atoms with Crippen molar-refractivity contribution in [3.63, 3.8) is 0 Å². The SMILES string of the molecule is CCCCC(CC)c1nncn1CCOC. The molecule has 0 fully saturated rings. The molecule has 0 N–H and O–H groups in total. The van der Waals surface area contributed by atoms with Gasteiger partial charge in [0.2, 0.25) is 0 Å². The van der Waals surface area contributed by atoms with Gasteiger partial charge in [0.15, 0.2) is 0 Å². The molecule has 1 aromatic heterocycles. The van der Waals surface area contributed by atoms with Gasteiger partial charge in [-0.05, 0) is 12.8 Å². The molecule has 1 unspecified atom stereocenters. The van der Waals surface area contributed by atoms with E-state index < -0.39 is 0 Å². The Bertz CT molecular complexity index is 286. The smallest absolute Gasteiger partial charge is 0.135 e. The summed E-state index contributed by atoms with van der Waals surface area (Å²) in [5, 5.41) is 8.26. The Hall–Kier alpha value is -0.900. The number of ether oxygens (including phenoxy) is 1. The summed E-state index contributed by atoms with van der Waals surface area (Å²) in [6.45, 7) is 6.01. The lowest BCUT2D eigenvalue weighted by atomic mass is 9.98. The normalized spacial score (nSPS) is 12.9. The average molecular weight is 225 g/mol. The van der Waals surface area contributed by atoms with Crippen molar-refractivity contribution in [3.8, 4) is 0 Å². The zero-order valence-corrected chi connectivity index (χ0v) is 10.6. The topological polar surface area (TPSA) is 39.9 Å². The lowest BCUT2D eigenvalue weighted by molar-refractivity contribution is 0.185. The van der Waals surface area contributed by atoms with Gasteiger partial charge in [0, 0.05) is 19.6 Å². The number of methoxy groups -OCH3 is 1. The van der Waals surface area contributed by atoms with Crippen molar-refractivity contribution in [3.05, 3.63) is 12.2 Å². The summed E-state index contributed by atoms with van der Waals surface area (Å²) >= 11 is 0. The third kappa shape index (κ3) is 3.59. The van der Waals surface area contributed by atoms with Crippen LogP contribution in [0.2, 0.25) is 0 Å². The zero-order chi connectivity index (χ0) is 11.8. The van der Waals surface area contributed by atoms with Crippen molar-refractivity contribution in [2.45, 2.75) is 52.0 Å². The van der Waals surface area contributed by atoms with Crippen molar-refractivity contribution in [2.75, 3.05) is 13.7 Å². The summed E-state index contributed by atoms with van der Waals surface area (Å²) in [7, 11) is 1.72. The van der Waals surface area contributed by atoms with E-state index in [4.69, 9.17) is 4.74 Å². The van der Waals surface area contributed by atoms with E-state index in [0.29, 0.717) is 5.92 Å². The van der Waals surface area contributed by atoms with Crippen molar-refractivity contribution in [2.24, 2.45) is 0 Å². The van der Waals surface area contributed by atoms with Gasteiger partial charge < -0.3 is 9.30 Å². The fourth-order valence-corrected chi connectivity index (χ4v) is 1.91. The second kappa shape index (κ2) is 7.39. The lowest BCUT2D eigenvalue weighted by Gasteiger charge is -2.15. The minimum atomic E-state index is 0.541. The highest BCUT2D eigenvalue weighted by Gasteiger charge is 2.15. The molecule has 0 saturated heterocycles. The monoisotopic (exact) mass is 225 g/mol. The predicted octanol–water partition coefficient (Wildman–Crippen LogP) is 2.61. The molecular formula is C12H23N3O. The van der Waals surface area contributed by atoms with Crippen LogP contribution in [0, 0.1) is 0 Å². The van der Waals surface area contributed by atoms with E-state index in [-0.39, 0.29) is 0 Å². The molecule has 4 nitrogen and oxygen atoms in total. The predicted molar refractivity (Wildman–Crippen MR) is 64.5 cm³/mol. The minimum absolute atomic E-state index is 0.541. The van der Waals surface area contributed by atoms with Gasteiger partial charge in [-0.25, -0.2) is 0 Å². The van der Waals surface area contributed by atoms with Crippen LogP contribution in [0.5, 0.6) is 0 Å². The van der Waals surface area contributed by atoms with Gasteiger partial charge in [-0.3, -0.25) is 0 Å². The fourth-order valence-electron chi connectivity index (χ4n) is 1.91. The molecule has 1 heterocycles. The van der Waals surface area contributed by atoms with Gasteiger partial charge in [-0.15, -0.1) is 10.2 Å². The first-order chi connectivity index (χ1) is 7.83. The summed E-state index contributed by atoms with van der Waals surface area (Å²) in [5.41, 5.74) is 0. The molecular weight excluding hydrogens is 202 g/mol. The summed E-state index contributed by atoms with van der Waals surface area (Å²) < 4.78 is 7.21. The second-order valence-electron chi connectivity index (χ2n) is 4.12. The highest BCUT2D eigenvalue weighted by molar-refractivity contribution is 4.95. The molecule has 0 amide bonds. The first-order valence-electron chi connectivity index (χ1n) is 6.20. The summed E-state index contributed by atoms with van der Waals surface area (Å²) in [6.07, 6.45) is 6.64. The van der Waals surface area contributed by atoms with Gasteiger partial charge in [-0.1, -0.05) is 26.7 Å². The maximum Gasteiger partial charge on any atom is 0.135 e. The minimum Gasteiger partial charge on any atom is -0.383 e. The van der Waals surface area contributed by atoms with Crippen LogP contribution in [-0.4, -0.2) is 28.5 Å². The van der Waals surface area contributed by atoms with Crippen LogP contribution in [0.4, 0.5) is 0 Å². The average Bonchev–Trinajstić information content (AvgIpc) is 2.76. The summed E-state index contributed by atoms with van der Waals surface area (Å²) in [5.74, 6) is 1.66. The van der Waals surface area contributed by atoms with Crippen LogP contribution in [-0.2, 0) is 11.3 Å². The molecule has 92 valence electrons. The van der Waals surface area contributed by atoms with Crippen molar-refractivity contribution in [1.29, 1.82) is 0 Å². The molecule has 0 radical (unpaired) electrons. The van der Waals surface area contributed by atoms with Gasteiger partial charge in [0.1, 0.15) is 12.2 Å². The third-order valence-electron chi connectivity index (χ3n) is 2.95. The first-order valence-corrected chi connectivity index (χ1v) is 6.20. The van der Waals surface area contributed by atoms with Crippen LogP contribution in [0.25, 0.3) is 0 Å². The number of rotatable bonds is 8. The van der Waals surface area contributed by atoms with Gasteiger partial charge in [0.25, 0.3) is 0 Å². The standard InChI is InChI=1S/C12H23N3O/c1-4-6-7-11(5-2)12-14-13-10-15(12)8-9-16-3/h10-11H,4-9H2,1-3H3. The quantitative estimate of drug-likeness (QED) is 0.682. The fraction of sp³-hybridized carbons (Fsp3) is 0.833. The van der Waals surface area contributed by atoms with Gasteiger partial charge in [-0.2, -0.15) is 0 Å². The van der Waals surface area contributed by atoms with Crippen molar-refractivity contribution < 1.29 is 4.74 Å². The Morgan fingerprint density at radius 1 is 1.44 bits per heavy atom. The summed E-state index contributed by atoms with van der Waals surface area (Å²) in [6, 6.07) is 0. The van der Waals surface area contributed by atoms with Crippen molar-refractivity contribution in [1.82, 2.24) is 14.8 Å². The maximum atomic E-state index is 5.09. The molecule has 0 aliphatic heterocycles. The molecule has 0 spiro atoms. The van der Waals surface area contributed by atoms with Crippen LogP contribution in [0.15, 0.2) is 6.33 Å². The molecule has 1 rings (SSSR count). The number of unbranched alkanes of at least 4 members (excludes halogenated alkanes) is 1. The molecule has 1 atom stereocenters. The molecule has 0 aromatic carbocycles. The highest BCUT2D eigenvalue weighted by Crippen LogP contribution is 2.23. The molecule has 1 aromatic rings. The van der Waals surface area contributed by atoms with Crippen LogP contribution in [0.1, 0.15) is 51.3 Å². The van der Waals surface area contributed by atoms with E-state index >= 15 is 0 Å². The highest BCUT2D eigenvalue weighted by atomic mass is 16.5. The van der Waals surface area contributed by atoms with E-state index in [0.717, 1.165) is 25.4 Å². The molecule has 0 saturated carbocycles. The van der Waals surface area contributed by atoms with E-state index in [1.807, 2.05) is 6.33 Å². The lowest BCUT2D eigenvalue weighted by Crippen LogP contribution is -2.11. The van der Waals surface area contributed by atoms with E-state index in [9.17, 15) is 0 Å². The molecule has 0 aliphatic rings. The summed E-state index contributed by atoms with van der Waals surface area (Å²) in [4.78, 5) is 0. The van der Waals surface area contributed by atoms with Crippen molar-refractivity contribution >= 4 is 0 Å². The number of hydrogen-bond acceptors (Lipinski definition) is 3. The Kier molecular flexibility index (Phi) is 6.08. The zero-order valence-electron chi connectivity index (χ0n) is 10.6. The van der Waals surface area contributed by atoms with E-state index in [1.54, 1.807) is 7.11 Å². The van der Waals surface area contributed by atoms with Gasteiger partial charge >= 0.3 is 0 Å². The van der Waals surface area contributed by atoms with Crippen LogP contribution >= 0.6 is 0 Å². The number of hydrogen-bond donors (Lipinski definition) is 0.